The number of nitrogens with one attached hydrogen (secondary N) is 1. The molecule has 1 aromatic rings. The molecule has 0 aromatic heterocycles. The highest BCUT2D eigenvalue weighted by atomic mass is 16.6. The second-order valence-electron chi connectivity index (χ2n) is 8.73. The van der Waals surface area contributed by atoms with Crippen molar-refractivity contribution in [2.45, 2.75) is 63.6 Å². The summed E-state index contributed by atoms with van der Waals surface area (Å²) in [6.07, 6.45) is 6.30. The summed E-state index contributed by atoms with van der Waals surface area (Å²) in [6, 6.07) is 10.3. The molecule has 1 unspecified atom stereocenters. The Kier molecular flexibility index (Phi) is 5.42. The molecular weight excluding hydrogens is 324 g/mol. The number of ether oxygens (including phenoxy) is 1. The monoisotopic (exact) mass is 356 g/mol. The number of amides is 1. The van der Waals surface area contributed by atoms with Crippen LogP contribution in [0.2, 0.25) is 0 Å². The third kappa shape index (κ3) is 3.96. The summed E-state index contributed by atoms with van der Waals surface area (Å²) >= 11 is 0. The molecule has 4 heteroatoms. The molecule has 142 valence electrons. The van der Waals surface area contributed by atoms with Gasteiger partial charge >= 0.3 is 6.09 Å². The summed E-state index contributed by atoms with van der Waals surface area (Å²) < 4.78 is 5.59. The van der Waals surface area contributed by atoms with Gasteiger partial charge < -0.3 is 10.1 Å². The van der Waals surface area contributed by atoms with E-state index in [4.69, 9.17) is 4.74 Å². The van der Waals surface area contributed by atoms with Crippen molar-refractivity contribution in [3.63, 3.8) is 0 Å². The minimum absolute atomic E-state index is 0.0683. The van der Waals surface area contributed by atoms with Gasteiger partial charge in [-0.1, -0.05) is 36.4 Å². The van der Waals surface area contributed by atoms with Crippen LogP contribution in [0.5, 0.6) is 0 Å². The van der Waals surface area contributed by atoms with Crippen molar-refractivity contribution in [1.82, 2.24) is 10.2 Å². The van der Waals surface area contributed by atoms with Crippen LogP contribution in [0.25, 0.3) is 0 Å². The number of carbonyl (C=O) groups excluding carboxylic acids is 1. The Bertz CT molecular complexity index is 627. The van der Waals surface area contributed by atoms with Crippen LogP contribution in [0.4, 0.5) is 4.79 Å². The number of benzene rings is 1. The summed E-state index contributed by atoms with van der Waals surface area (Å²) in [6.45, 7) is 11.6. The van der Waals surface area contributed by atoms with Gasteiger partial charge in [-0.15, -0.1) is 6.58 Å². The molecular formula is C22H32N2O2. The molecule has 1 aromatic carbocycles. The fourth-order valence-electron chi connectivity index (χ4n) is 4.65. The largest absolute Gasteiger partial charge is 0.444 e. The molecule has 3 fully saturated rings. The van der Waals surface area contributed by atoms with Crippen molar-refractivity contribution in [2.24, 2.45) is 5.92 Å². The summed E-state index contributed by atoms with van der Waals surface area (Å²) in [4.78, 5) is 15.2. The molecule has 26 heavy (non-hydrogen) atoms. The van der Waals surface area contributed by atoms with E-state index in [2.05, 4.69) is 28.9 Å². The molecule has 1 atom stereocenters. The maximum absolute atomic E-state index is 12.6. The van der Waals surface area contributed by atoms with Crippen LogP contribution in [-0.2, 0) is 4.74 Å². The Morgan fingerprint density at radius 3 is 2.58 bits per heavy atom. The van der Waals surface area contributed by atoms with Crippen LogP contribution >= 0.6 is 0 Å². The van der Waals surface area contributed by atoms with Crippen LogP contribution in [0.3, 0.4) is 0 Å². The average molecular weight is 357 g/mol. The number of alkyl carbamates (subject to hydrolysis) is 1. The van der Waals surface area contributed by atoms with Crippen LogP contribution in [-0.4, -0.2) is 35.2 Å². The zero-order chi connectivity index (χ0) is 18.8. The number of rotatable bonds is 5. The van der Waals surface area contributed by atoms with Crippen LogP contribution in [0.15, 0.2) is 43.0 Å². The van der Waals surface area contributed by atoms with E-state index >= 15 is 0 Å². The van der Waals surface area contributed by atoms with Gasteiger partial charge in [-0.3, -0.25) is 4.90 Å². The predicted octanol–water partition coefficient (Wildman–Crippen LogP) is 4.68. The van der Waals surface area contributed by atoms with Crippen LogP contribution < -0.4 is 5.32 Å². The van der Waals surface area contributed by atoms with Crippen molar-refractivity contribution >= 4 is 6.09 Å². The Morgan fingerprint density at radius 1 is 1.35 bits per heavy atom. The average Bonchev–Trinajstić information content (AvgIpc) is 2.60. The first-order valence-corrected chi connectivity index (χ1v) is 9.74. The van der Waals surface area contributed by atoms with Crippen molar-refractivity contribution in [1.29, 1.82) is 0 Å². The number of carbonyl (C=O) groups is 1. The van der Waals surface area contributed by atoms with E-state index in [1.54, 1.807) is 0 Å². The first-order chi connectivity index (χ1) is 12.3. The van der Waals surface area contributed by atoms with Gasteiger partial charge in [0, 0.05) is 18.6 Å². The first kappa shape index (κ1) is 19.0. The third-order valence-electron chi connectivity index (χ3n) is 5.76. The quantitative estimate of drug-likeness (QED) is 0.779. The number of nitrogens with zero attached hydrogens (tertiary/aromatic N) is 1. The zero-order valence-corrected chi connectivity index (χ0v) is 16.3. The van der Waals surface area contributed by atoms with Gasteiger partial charge in [0.25, 0.3) is 0 Å². The van der Waals surface area contributed by atoms with Gasteiger partial charge in [0.1, 0.15) is 5.60 Å². The number of fused-ring (bicyclic) bond motifs is 3. The lowest BCUT2D eigenvalue weighted by Gasteiger charge is -2.58. The van der Waals surface area contributed by atoms with E-state index in [1.807, 2.05) is 45.0 Å². The smallest absolute Gasteiger partial charge is 0.408 e. The number of hydrogen-bond donors (Lipinski definition) is 1. The molecule has 2 saturated heterocycles. The maximum atomic E-state index is 12.6. The summed E-state index contributed by atoms with van der Waals surface area (Å²) in [5, 5.41) is 3.23. The molecule has 1 N–H and O–H groups in total. The standard InChI is InChI=1S/C22H32N2O2/c1-5-15-24-16-17-11-13-22(24,14-12-17)19(18-9-7-6-8-10-18)23-20(25)26-21(2,3)4/h5-10,17,19H,1,11-16H2,2-4H3,(H,23,25). The lowest BCUT2D eigenvalue weighted by Crippen LogP contribution is -2.64. The lowest BCUT2D eigenvalue weighted by atomic mass is 9.65. The van der Waals surface area contributed by atoms with Gasteiger partial charge in [0.05, 0.1) is 6.04 Å². The van der Waals surface area contributed by atoms with E-state index in [0.717, 1.165) is 37.4 Å². The summed E-state index contributed by atoms with van der Waals surface area (Å²) in [5.41, 5.74) is 0.572. The van der Waals surface area contributed by atoms with Gasteiger partial charge in [-0.25, -0.2) is 4.79 Å². The van der Waals surface area contributed by atoms with Crippen LogP contribution in [0, 0.1) is 5.92 Å². The van der Waals surface area contributed by atoms with Crippen molar-refractivity contribution in [3.05, 3.63) is 48.6 Å². The molecule has 2 bridgehead atoms. The Hall–Kier alpha value is -1.81. The maximum Gasteiger partial charge on any atom is 0.408 e. The fourth-order valence-corrected chi connectivity index (χ4v) is 4.65. The van der Waals surface area contributed by atoms with E-state index in [9.17, 15) is 4.79 Å². The van der Waals surface area contributed by atoms with E-state index in [1.165, 1.54) is 12.8 Å². The van der Waals surface area contributed by atoms with Gasteiger partial charge in [-0.2, -0.15) is 0 Å². The Labute approximate surface area is 157 Å². The van der Waals surface area contributed by atoms with Crippen LogP contribution in [0.1, 0.15) is 58.1 Å². The second-order valence-corrected chi connectivity index (χ2v) is 8.73. The molecule has 1 amide bonds. The molecule has 4 nitrogen and oxygen atoms in total. The van der Waals surface area contributed by atoms with Gasteiger partial charge in [0.2, 0.25) is 0 Å². The summed E-state index contributed by atoms with van der Waals surface area (Å²) in [5.74, 6) is 0.773. The molecule has 1 aliphatic carbocycles. The molecule has 3 aliphatic rings. The van der Waals surface area contributed by atoms with E-state index in [-0.39, 0.29) is 17.7 Å². The second kappa shape index (κ2) is 7.43. The summed E-state index contributed by atoms with van der Waals surface area (Å²) in [7, 11) is 0. The first-order valence-electron chi connectivity index (χ1n) is 9.74. The molecule has 0 spiro atoms. The highest BCUT2D eigenvalue weighted by molar-refractivity contribution is 5.68. The molecule has 2 aliphatic heterocycles. The fraction of sp³-hybridized carbons (Fsp3) is 0.591. The Morgan fingerprint density at radius 2 is 2.00 bits per heavy atom. The van der Waals surface area contributed by atoms with Gasteiger partial charge in [-0.05, 0) is 57.9 Å². The minimum Gasteiger partial charge on any atom is -0.444 e. The highest BCUT2D eigenvalue weighted by Crippen LogP contribution is 2.49. The molecule has 4 rings (SSSR count). The lowest BCUT2D eigenvalue weighted by molar-refractivity contribution is -0.0537. The third-order valence-corrected chi connectivity index (χ3v) is 5.76. The minimum atomic E-state index is -0.506. The molecule has 2 heterocycles. The molecule has 0 radical (unpaired) electrons. The zero-order valence-electron chi connectivity index (χ0n) is 16.3. The van der Waals surface area contributed by atoms with E-state index in [0.29, 0.717) is 0 Å². The molecule has 1 saturated carbocycles. The van der Waals surface area contributed by atoms with Crippen molar-refractivity contribution in [2.75, 3.05) is 13.1 Å². The number of piperidine rings is 2. The van der Waals surface area contributed by atoms with Crippen molar-refractivity contribution < 1.29 is 9.53 Å². The topological polar surface area (TPSA) is 41.6 Å². The SMILES string of the molecule is C=CCN1CC2CCC1(C(NC(=O)OC(C)(C)C)c1ccccc1)CC2. The highest BCUT2D eigenvalue weighted by Gasteiger charge is 2.51. The number of hydrogen-bond acceptors (Lipinski definition) is 3. The van der Waals surface area contributed by atoms with Crippen molar-refractivity contribution in [3.8, 4) is 0 Å². The van der Waals surface area contributed by atoms with E-state index < -0.39 is 5.60 Å². The predicted molar refractivity (Wildman–Crippen MR) is 105 cm³/mol. The normalized spacial score (nSPS) is 27.0. The van der Waals surface area contributed by atoms with Gasteiger partial charge in [0.15, 0.2) is 0 Å². The Balaban J connectivity index is 1.93.